The van der Waals surface area contributed by atoms with Crippen molar-refractivity contribution in [2.75, 3.05) is 19.8 Å². The lowest BCUT2D eigenvalue weighted by Gasteiger charge is -2.04. The number of ether oxygens (including phenoxy) is 2. The fraction of sp³-hybridized carbons (Fsp3) is 0.385. The van der Waals surface area contributed by atoms with Crippen molar-refractivity contribution in [1.82, 2.24) is 0 Å². The summed E-state index contributed by atoms with van der Waals surface area (Å²) in [5.74, 6) is 0. The van der Waals surface area contributed by atoms with Gasteiger partial charge in [0.15, 0.2) is 0 Å². The lowest BCUT2D eigenvalue weighted by atomic mass is 10.1. The number of benzene rings is 1. The molecule has 0 aliphatic heterocycles. The first-order valence-corrected chi connectivity index (χ1v) is 5.26. The van der Waals surface area contributed by atoms with Gasteiger partial charge in [-0.2, -0.15) is 0 Å². The van der Waals surface area contributed by atoms with Crippen LogP contribution in [0, 0.1) is 0 Å². The van der Waals surface area contributed by atoms with Gasteiger partial charge in [0.05, 0.1) is 12.9 Å². The fourth-order valence-electron chi connectivity index (χ4n) is 1.20. The Labute approximate surface area is 91.5 Å². The predicted molar refractivity (Wildman–Crippen MR) is 62.5 cm³/mol. The van der Waals surface area contributed by atoms with Crippen molar-refractivity contribution in [3.63, 3.8) is 0 Å². The maximum atomic E-state index is 5.36. The second-order valence-corrected chi connectivity index (χ2v) is 3.23. The van der Waals surface area contributed by atoms with Crippen molar-refractivity contribution in [1.29, 1.82) is 0 Å². The monoisotopic (exact) mass is 206 g/mol. The molecule has 0 aliphatic carbocycles. The Hall–Kier alpha value is -1.28. The van der Waals surface area contributed by atoms with E-state index in [4.69, 9.17) is 9.47 Å². The quantitative estimate of drug-likeness (QED) is 0.526. The third kappa shape index (κ3) is 4.66. The van der Waals surface area contributed by atoms with Crippen LogP contribution in [-0.4, -0.2) is 19.8 Å². The normalized spacial score (nSPS) is 11.5. The molecule has 0 amide bonds. The van der Waals surface area contributed by atoms with Crippen LogP contribution in [0.2, 0.25) is 0 Å². The molecular formula is C13H18O2. The molecule has 0 N–H and O–H groups in total. The zero-order valence-electron chi connectivity index (χ0n) is 9.40. The Bertz CT molecular complexity index is 291. The molecule has 0 saturated heterocycles. The van der Waals surface area contributed by atoms with Crippen molar-refractivity contribution >= 4 is 5.57 Å². The van der Waals surface area contributed by atoms with Crippen LogP contribution in [-0.2, 0) is 9.47 Å². The van der Waals surface area contributed by atoms with E-state index in [2.05, 4.69) is 12.1 Å². The molecule has 0 aliphatic rings. The van der Waals surface area contributed by atoms with Crippen LogP contribution in [0.4, 0.5) is 0 Å². The van der Waals surface area contributed by atoms with E-state index in [1.807, 2.05) is 32.0 Å². The molecule has 15 heavy (non-hydrogen) atoms. The minimum Gasteiger partial charge on any atom is -0.498 e. The molecule has 1 aromatic carbocycles. The van der Waals surface area contributed by atoms with Crippen molar-refractivity contribution in [2.24, 2.45) is 0 Å². The molecule has 82 valence electrons. The minimum atomic E-state index is 0.609. The lowest BCUT2D eigenvalue weighted by molar-refractivity contribution is 0.0936. The van der Waals surface area contributed by atoms with Gasteiger partial charge >= 0.3 is 0 Å². The van der Waals surface area contributed by atoms with Gasteiger partial charge in [-0.25, -0.2) is 0 Å². The average molecular weight is 206 g/mol. The topological polar surface area (TPSA) is 18.5 Å². The lowest BCUT2D eigenvalue weighted by Crippen LogP contribution is -2.00. The van der Waals surface area contributed by atoms with Crippen LogP contribution < -0.4 is 0 Å². The van der Waals surface area contributed by atoms with E-state index < -0.39 is 0 Å². The number of hydrogen-bond acceptors (Lipinski definition) is 2. The van der Waals surface area contributed by atoms with Gasteiger partial charge in [-0.1, -0.05) is 30.3 Å². The van der Waals surface area contributed by atoms with E-state index in [-0.39, 0.29) is 0 Å². The van der Waals surface area contributed by atoms with Crippen LogP contribution in [0.5, 0.6) is 0 Å². The van der Waals surface area contributed by atoms with E-state index >= 15 is 0 Å². The van der Waals surface area contributed by atoms with Crippen LogP contribution in [0.1, 0.15) is 19.4 Å². The highest BCUT2D eigenvalue weighted by atomic mass is 16.5. The van der Waals surface area contributed by atoms with Crippen LogP contribution in [0.15, 0.2) is 36.6 Å². The Morgan fingerprint density at radius 3 is 2.60 bits per heavy atom. The van der Waals surface area contributed by atoms with Crippen molar-refractivity contribution in [3.8, 4) is 0 Å². The molecule has 0 heterocycles. The van der Waals surface area contributed by atoms with E-state index in [0.29, 0.717) is 13.2 Å². The van der Waals surface area contributed by atoms with Gasteiger partial charge in [0.1, 0.15) is 6.61 Å². The Morgan fingerprint density at radius 1 is 1.20 bits per heavy atom. The molecule has 2 nitrogen and oxygen atoms in total. The second kappa shape index (κ2) is 7.07. The van der Waals surface area contributed by atoms with Gasteiger partial charge in [-0.3, -0.25) is 0 Å². The van der Waals surface area contributed by atoms with Gasteiger partial charge in [0, 0.05) is 6.61 Å². The summed E-state index contributed by atoms with van der Waals surface area (Å²) in [5, 5.41) is 0. The standard InChI is InChI=1S/C13H18O2/c1-3-14-9-10-15-11-12(2)13-7-5-4-6-8-13/h4-8,11H,3,9-10H2,1-2H3. The Balaban J connectivity index is 2.33. The van der Waals surface area contributed by atoms with Gasteiger partial charge in [0.25, 0.3) is 0 Å². The Kier molecular flexibility index (Phi) is 5.56. The fourth-order valence-corrected chi connectivity index (χ4v) is 1.20. The molecule has 0 spiro atoms. The third-order valence-corrected chi connectivity index (χ3v) is 2.04. The molecule has 0 radical (unpaired) electrons. The molecule has 1 rings (SSSR count). The molecular weight excluding hydrogens is 188 g/mol. The second-order valence-electron chi connectivity index (χ2n) is 3.23. The van der Waals surface area contributed by atoms with E-state index in [9.17, 15) is 0 Å². The molecule has 0 aromatic heterocycles. The van der Waals surface area contributed by atoms with Gasteiger partial charge in [-0.15, -0.1) is 0 Å². The third-order valence-electron chi connectivity index (χ3n) is 2.04. The molecule has 0 fully saturated rings. The predicted octanol–water partition coefficient (Wildman–Crippen LogP) is 3.10. The Morgan fingerprint density at radius 2 is 1.93 bits per heavy atom. The van der Waals surface area contributed by atoms with Crippen LogP contribution in [0.25, 0.3) is 5.57 Å². The van der Waals surface area contributed by atoms with Gasteiger partial charge < -0.3 is 9.47 Å². The molecule has 1 aromatic rings. The van der Waals surface area contributed by atoms with Gasteiger partial charge in [0.2, 0.25) is 0 Å². The molecule has 0 saturated carbocycles. The van der Waals surface area contributed by atoms with E-state index in [1.165, 1.54) is 5.56 Å². The summed E-state index contributed by atoms with van der Waals surface area (Å²) >= 11 is 0. The average Bonchev–Trinajstić information content (AvgIpc) is 2.30. The minimum absolute atomic E-state index is 0.609. The summed E-state index contributed by atoms with van der Waals surface area (Å²) in [6.07, 6.45) is 1.79. The van der Waals surface area contributed by atoms with Crippen LogP contribution in [0.3, 0.4) is 0 Å². The SMILES string of the molecule is CCOCCOC=C(C)c1ccccc1. The van der Waals surface area contributed by atoms with E-state index in [1.54, 1.807) is 6.26 Å². The summed E-state index contributed by atoms with van der Waals surface area (Å²) in [4.78, 5) is 0. The van der Waals surface area contributed by atoms with Gasteiger partial charge in [-0.05, 0) is 25.0 Å². The maximum Gasteiger partial charge on any atom is 0.111 e. The smallest absolute Gasteiger partial charge is 0.111 e. The summed E-state index contributed by atoms with van der Waals surface area (Å²) < 4.78 is 10.5. The summed E-state index contributed by atoms with van der Waals surface area (Å²) in [6.45, 7) is 6.01. The molecule has 0 unspecified atom stereocenters. The zero-order chi connectivity index (χ0) is 10.9. The number of allylic oxidation sites excluding steroid dienone is 1. The number of rotatable bonds is 6. The highest BCUT2D eigenvalue weighted by molar-refractivity contribution is 5.62. The summed E-state index contributed by atoms with van der Waals surface area (Å²) in [5.41, 5.74) is 2.32. The molecule has 0 bridgehead atoms. The maximum absolute atomic E-state index is 5.36. The molecule has 0 atom stereocenters. The van der Waals surface area contributed by atoms with Crippen LogP contribution >= 0.6 is 0 Å². The number of hydrogen-bond donors (Lipinski definition) is 0. The first-order chi connectivity index (χ1) is 7.34. The first-order valence-electron chi connectivity index (χ1n) is 5.26. The van der Waals surface area contributed by atoms with Crippen molar-refractivity contribution in [3.05, 3.63) is 42.2 Å². The zero-order valence-corrected chi connectivity index (χ0v) is 9.40. The largest absolute Gasteiger partial charge is 0.498 e. The summed E-state index contributed by atoms with van der Waals surface area (Å²) in [7, 11) is 0. The highest BCUT2D eigenvalue weighted by Gasteiger charge is 1.93. The van der Waals surface area contributed by atoms with Crippen molar-refractivity contribution < 1.29 is 9.47 Å². The van der Waals surface area contributed by atoms with Crippen molar-refractivity contribution in [2.45, 2.75) is 13.8 Å². The van der Waals surface area contributed by atoms with E-state index in [0.717, 1.165) is 12.2 Å². The highest BCUT2D eigenvalue weighted by Crippen LogP contribution is 2.12. The first kappa shape index (κ1) is 11.8. The molecule has 2 heteroatoms. The summed E-state index contributed by atoms with van der Waals surface area (Å²) in [6, 6.07) is 10.2.